The largest absolute Gasteiger partial charge is 0.326 e. The van der Waals surface area contributed by atoms with E-state index in [4.69, 9.17) is 5.73 Å². The number of sulfonamides is 1. The number of hydrogen-bond acceptors (Lipinski definition) is 3. The summed E-state index contributed by atoms with van der Waals surface area (Å²) in [7, 11) is -3.81. The zero-order chi connectivity index (χ0) is 15.5. The summed E-state index contributed by atoms with van der Waals surface area (Å²) in [5, 5.41) is 0. The van der Waals surface area contributed by atoms with E-state index >= 15 is 0 Å². The minimum atomic E-state index is -3.81. The predicted octanol–water partition coefficient (Wildman–Crippen LogP) is 2.07. The van der Waals surface area contributed by atoms with E-state index in [1.165, 1.54) is 18.2 Å². The molecule has 0 unspecified atom stereocenters. The molecule has 0 radical (unpaired) electrons. The SMILES string of the molecule is Cc1ccccc1CNS(=O)(=O)c1cccc(F)c1CN. The first-order valence-corrected chi connectivity index (χ1v) is 7.95. The third-order valence-electron chi connectivity index (χ3n) is 3.28. The highest BCUT2D eigenvalue weighted by Crippen LogP contribution is 2.19. The average Bonchev–Trinajstić information content (AvgIpc) is 2.46. The molecule has 0 aromatic heterocycles. The fourth-order valence-corrected chi connectivity index (χ4v) is 3.31. The van der Waals surface area contributed by atoms with Gasteiger partial charge >= 0.3 is 0 Å². The van der Waals surface area contributed by atoms with Gasteiger partial charge in [0.25, 0.3) is 0 Å². The highest BCUT2D eigenvalue weighted by Gasteiger charge is 2.20. The lowest BCUT2D eigenvalue weighted by Crippen LogP contribution is -2.25. The third kappa shape index (κ3) is 3.47. The molecular weight excluding hydrogens is 291 g/mol. The first-order valence-electron chi connectivity index (χ1n) is 6.47. The molecule has 3 N–H and O–H groups in total. The molecule has 6 heteroatoms. The maximum absolute atomic E-state index is 13.6. The van der Waals surface area contributed by atoms with Crippen LogP contribution in [0.2, 0.25) is 0 Å². The zero-order valence-corrected chi connectivity index (χ0v) is 12.5. The minimum Gasteiger partial charge on any atom is -0.326 e. The van der Waals surface area contributed by atoms with Crippen molar-refractivity contribution in [1.29, 1.82) is 0 Å². The van der Waals surface area contributed by atoms with E-state index in [-0.39, 0.29) is 23.5 Å². The van der Waals surface area contributed by atoms with E-state index in [0.29, 0.717) is 0 Å². The molecular formula is C15H17FN2O2S. The van der Waals surface area contributed by atoms with Gasteiger partial charge in [-0.15, -0.1) is 0 Å². The number of hydrogen-bond donors (Lipinski definition) is 2. The van der Waals surface area contributed by atoms with E-state index in [9.17, 15) is 12.8 Å². The lowest BCUT2D eigenvalue weighted by molar-refractivity contribution is 0.571. The van der Waals surface area contributed by atoms with Crippen molar-refractivity contribution in [3.63, 3.8) is 0 Å². The molecule has 0 aliphatic rings. The Hall–Kier alpha value is -1.76. The molecule has 0 saturated heterocycles. The monoisotopic (exact) mass is 308 g/mol. The molecule has 0 spiro atoms. The molecule has 0 amide bonds. The van der Waals surface area contributed by atoms with E-state index < -0.39 is 15.8 Å². The van der Waals surface area contributed by atoms with Crippen LogP contribution in [0, 0.1) is 12.7 Å². The van der Waals surface area contributed by atoms with Crippen LogP contribution in [0.15, 0.2) is 47.4 Å². The van der Waals surface area contributed by atoms with Gasteiger partial charge < -0.3 is 5.73 Å². The standard InChI is InChI=1S/C15H17FN2O2S/c1-11-5-2-3-6-12(11)10-18-21(19,20)15-8-4-7-14(16)13(15)9-17/h2-8,18H,9-10,17H2,1H3. The van der Waals surface area contributed by atoms with Crippen LogP contribution in [-0.4, -0.2) is 8.42 Å². The van der Waals surface area contributed by atoms with Gasteiger partial charge in [0.15, 0.2) is 0 Å². The van der Waals surface area contributed by atoms with Crippen molar-refractivity contribution in [2.24, 2.45) is 5.73 Å². The predicted molar refractivity (Wildman–Crippen MR) is 79.5 cm³/mol. The normalized spacial score (nSPS) is 11.6. The Kier molecular flexibility index (Phi) is 4.72. The molecule has 0 fully saturated rings. The van der Waals surface area contributed by atoms with E-state index in [1.807, 2.05) is 31.2 Å². The van der Waals surface area contributed by atoms with Crippen molar-refractivity contribution < 1.29 is 12.8 Å². The maximum Gasteiger partial charge on any atom is 0.241 e. The summed E-state index contributed by atoms with van der Waals surface area (Å²) >= 11 is 0. The van der Waals surface area contributed by atoms with Crippen molar-refractivity contribution in [3.8, 4) is 0 Å². The van der Waals surface area contributed by atoms with Crippen LogP contribution in [0.4, 0.5) is 4.39 Å². The second-order valence-electron chi connectivity index (χ2n) is 4.67. The Labute approximate surface area is 123 Å². The minimum absolute atomic E-state index is 0.00483. The van der Waals surface area contributed by atoms with Gasteiger partial charge in [-0.05, 0) is 30.2 Å². The van der Waals surface area contributed by atoms with Gasteiger partial charge in [0.1, 0.15) is 5.82 Å². The quantitative estimate of drug-likeness (QED) is 0.888. The number of benzene rings is 2. The van der Waals surface area contributed by atoms with Gasteiger partial charge in [0.05, 0.1) is 4.90 Å². The van der Waals surface area contributed by atoms with Gasteiger partial charge in [-0.2, -0.15) is 0 Å². The van der Waals surface area contributed by atoms with Crippen molar-refractivity contribution in [2.45, 2.75) is 24.9 Å². The summed E-state index contributed by atoms with van der Waals surface area (Å²) in [6, 6.07) is 11.4. The Bertz CT molecular complexity index is 745. The lowest BCUT2D eigenvalue weighted by Gasteiger charge is -2.12. The van der Waals surface area contributed by atoms with Gasteiger partial charge in [-0.25, -0.2) is 17.5 Å². The number of nitrogens with two attached hydrogens (primary N) is 1. The van der Waals surface area contributed by atoms with Crippen LogP contribution in [0.1, 0.15) is 16.7 Å². The second kappa shape index (κ2) is 6.34. The molecule has 0 heterocycles. The number of rotatable bonds is 5. The summed E-state index contributed by atoms with van der Waals surface area (Å²) in [5.74, 6) is -0.615. The van der Waals surface area contributed by atoms with Gasteiger partial charge in [-0.1, -0.05) is 30.3 Å². The summed E-state index contributed by atoms with van der Waals surface area (Å²) < 4.78 is 40.8. The highest BCUT2D eigenvalue weighted by atomic mass is 32.2. The second-order valence-corrected chi connectivity index (χ2v) is 6.41. The van der Waals surface area contributed by atoms with E-state index in [1.54, 1.807) is 0 Å². The zero-order valence-electron chi connectivity index (χ0n) is 11.6. The van der Waals surface area contributed by atoms with Crippen LogP contribution >= 0.6 is 0 Å². The van der Waals surface area contributed by atoms with E-state index in [2.05, 4.69) is 4.72 Å². The highest BCUT2D eigenvalue weighted by molar-refractivity contribution is 7.89. The van der Waals surface area contributed by atoms with Crippen LogP contribution < -0.4 is 10.5 Å². The summed E-state index contributed by atoms with van der Waals surface area (Å²) in [6.07, 6.45) is 0. The van der Waals surface area contributed by atoms with Crippen molar-refractivity contribution >= 4 is 10.0 Å². The Morgan fingerprint density at radius 3 is 2.52 bits per heavy atom. The summed E-state index contributed by atoms with van der Waals surface area (Å²) in [5.41, 5.74) is 7.29. The summed E-state index contributed by atoms with van der Waals surface area (Å²) in [6.45, 7) is 1.87. The molecule has 2 aromatic rings. The van der Waals surface area contributed by atoms with Gasteiger partial charge in [-0.3, -0.25) is 0 Å². The van der Waals surface area contributed by atoms with Crippen molar-refractivity contribution in [2.75, 3.05) is 0 Å². The van der Waals surface area contributed by atoms with Crippen LogP contribution in [-0.2, 0) is 23.1 Å². The number of aryl methyl sites for hydroxylation is 1. The van der Waals surface area contributed by atoms with Crippen LogP contribution in [0.3, 0.4) is 0 Å². The van der Waals surface area contributed by atoms with Gasteiger partial charge in [0.2, 0.25) is 10.0 Å². The molecule has 0 aliphatic carbocycles. The molecule has 2 aromatic carbocycles. The molecule has 0 saturated carbocycles. The fourth-order valence-electron chi connectivity index (χ4n) is 2.05. The van der Waals surface area contributed by atoms with Crippen LogP contribution in [0.25, 0.3) is 0 Å². The molecule has 112 valence electrons. The number of halogens is 1. The maximum atomic E-state index is 13.6. The topological polar surface area (TPSA) is 72.2 Å². The molecule has 0 atom stereocenters. The smallest absolute Gasteiger partial charge is 0.241 e. The number of nitrogens with one attached hydrogen (secondary N) is 1. The molecule has 2 rings (SSSR count). The Balaban J connectivity index is 2.28. The lowest BCUT2D eigenvalue weighted by atomic mass is 10.1. The molecule has 0 bridgehead atoms. The first kappa shape index (κ1) is 15.6. The Morgan fingerprint density at radius 1 is 1.14 bits per heavy atom. The molecule has 4 nitrogen and oxygen atoms in total. The van der Waals surface area contributed by atoms with Crippen molar-refractivity contribution in [1.82, 2.24) is 4.72 Å². The fraction of sp³-hybridized carbons (Fsp3) is 0.200. The first-order chi connectivity index (χ1) is 9.95. The van der Waals surface area contributed by atoms with E-state index in [0.717, 1.165) is 11.1 Å². The van der Waals surface area contributed by atoms with Crippen LogP contribution in [0.5, 0.6) is 0 Å². The summed E-state index contributed by atoms with van der Waals surface area (Å²) in [4.78, 5) is -0.112. The molecule has 21 heavy (non-hydrogen) atoms. The average molecular weight is 308 g/mol. The van der Waals surface area contributed by atoms with Gasteiger partial charge in [0, 0.05) is 18.7 Å². The Morgan fingerprint density at radius 2 is 1.86 bits per heavy atom. The van der Waals surface area contributed by atoms with Crippen molar-refractivity contribution in [3.05, 3.63) is 65.0 Å². The molecule has 0 aliphatic heterocycles. The third-order valence-corrected chi connectivity index (χ3v) is 4.77.